The molecule has 0 aliphatic heterocycles. The summed E-state index contributed by atoms with van der Waals surface area (Å²) in [5, 5.41) is 9.11. The summed E-state index contributed by atoms with van der Waals surface area (Å²) in [6, 6.07) is 8.10. The van der Waals surface area contributed by atoms with Crippen LogP contribution in [0.2, 0.25) is 0 Å². The third-order valence-corrected chi connectivity index (χ3v) is 2.92. The number of rotatable bonds is 6. The van der Waals surface area contributed by atoms with E-state index in [0.29, 0.717) is 0 Å². The summed E-state index contributed by atoms with van der Waals surface area (Å²) in [6.45, 7) is 2.79. The standard InChI is InChI=1S/C17H18O2/c1-14-5-11-17(12-6-14)19-13-3-2-4-15-7-9-16(18)10-8-15/h5-7,9,11-12,18H,2-4,13H2,1H3. The van der Waals surface area contributed by atoms with Crippen molar-refractivity contribution in [3.05, 3.63) is 64.8 Å². The lowest BCUT2D eigenvalue weighted by molar-refractivity contribution is 0.307. The maximum absolute atomic E-state index is 9.11. The van der Waals surface area contributed by atoms with Gasteiger partial charge in [0.05, 0.1) is 6.61 Å². The van der Waals surface area contributed by atoms with Gasteiger partial charge in [-0.1, -0.05) is 23.4 Å². The molecule has 0 saturated carbocycles. The van der Waals surface area contributed by atoms with Crippen LogP contribution < -0.4 is 4.74 Å². The van der Waals surface area contributed by atoms with Crippen LogP contribution in [0.4, 0.5) is 0 Å². The molecule has 98 valence electrons. The van der Waals surface area contributed by atoms with Gasteiger partial charge in [-0.15, -0.1) is 0 Å². The third kappa shape index (κ3) is 4.56. The van der Waals surface area contributed by atoms with Gasteiger partial charge in [0.15, 0.2) is 5.76 Å². The first-order chi connectivity index (χ1) is 9.24. The van der Waals surface area contributed by atoms with Crippen molar-refractivity contribution in [1.82, 2.24) is 0 Å². The number of aliphatic hydroxyl groups is 1. The van der Waals surface area contributed by atoms with Gasteiger partial charge in [0.25, 0.3) is 0 Å². The molecule has 19 heavy (non-hydrogen) atoms. The Morgan fingerprint density at radius 3 is 2.53 bits per heavy atom. The highest BCUT2D eigenvalue weighted by atomic mass is 16.5. The van der Waals surface area contributed by atoms with E-state index in [4.69, 9.17) is 9.84 Å². The zero-order chi connectivity index (χ0) is 13.5. The predicted molar refractivity (Wildman–Crippen MR) is 76.3 cm³/mol. The largest absolute Gasteiger partial charge is 0.501 e. The molecule has 2 rings (SSSR count). The lowest BCUT2D eigenvalue weighted by Gasteiger charge is -2.06. The fourth-order valence-electron chi connectivity index (χ4n) is 1.80. The monoisotopic (exact) mass is 254 g/mol. The molecule has 1 aliphatic carbocycles. The van der Waals surface area contributed by atoms with Crippen LogP contribution in [0.25, 0.3) is 0 Å². The van der Waals surface area contributed by atoms with Gasteiger partial charge in [0.1, 0.15) is 5.75 Å². The summed E-state index contributed by atoms with van der Waals surface area (Å²) < 4.78 is 5.66. The second-order valence-electron chi connectivity index (χ2n) is 4.61. The zero-order valence-corrected chi connectivity index (χ0v) is 11.1. The summed E-state index contributed by atoms with van der Waals surface area (Å²) in [7, 11) is 0. The number of unbranched alkanes of at least 4 members (excludes halogenated alkanes) is 1. The van der Waals surface area contributed by atoms with Gasteiger partial charge in [-0.2, -0.15) is 0 Å². The molecular formula is C17H18O2. The van der Waals surface area contributed by atoms with Gasteiger partial charge >= 0.3 is 0 Å². The van der Waals surface area contributed by atoms with E-state index in [1.165, 1.54) is 5.56 Å². The van der Waals surface area contributed by atoms with E-state index < -0.39 is 0 Å². The van der Waals surface area contributed by atoms with Crippen molar-refractivity contribution in [2.45, 2.75) is 26.2 Å². The Labute approximate surface area is 114 Å². The zero-order valence-electron chi connectivity index (χ0n) is 11.1. The van der Waals surface area contributed by atoms with Crippen LogP contribution in [0.5, 0.6) is 5.75 Å². The Bertz CT molecular complexity index is 551. The van der Waals surface area contributed by atoms with Gasteiger partial charge in [-0.25, -0.2) is 0 Å². The SMILES string of the molecule is Cc1ccc(OCCCCC2=C=C=C(O)C=C2)cc1. The summed E-state index contributed by atoms with van der Waals surface area (Å²) >= 11 is 0. The van der Waals surface area contributed by atoms with E-state index in [2.05, 4.69) is 30.5 Å². The van der Waals surface area contributed by atoms with Gasteiger partial charge in [-0.05, 0) is 56.2 Å². The average Bonchev–Trinajstić information content (AvgIpc) is 2.43. The molecule has 0 heterocycles. The number of ether oxygens (including phenoxy) is 1. The predicted octanol–water partition coefficient (Wildman–Crippen LogP) is 4.24. The van der Waals surface area contributed by atoms with Crippen LogP contribution in [0.3, 0.4) is 0 Å². The highest BCUT2D eigenvalue weighted by Crippen LogP contribution is 2.14. The van der Waals surface area contributed by atoms with E-state index in [-0.39, 0.29) is 5.76 Å². The molecule has 1 aromatic carbocycles. The number of aryl methyl sites for hydroxylation is 1. The molecule has 0 amide bonds. The smallest absolute Gasteiger partial charge is 0.167 e. The maximum Gasteiger partial charge on any atom is 0.167 e. The van der Waals surface area contributed by atoms with Crippen LogP contribution in [0.15, 0.2) is 59.2 Å². The van der Waals surface area contributed by atoms with E-state index in [1.54, 1.807) is 6.08 Å². The molecule has 2 heteroatoms. The highest BCUT2D eigenvalue weighted by Gasteiger charge is 1.98. The minimum atomic E-state index is 0.145. The summed E-state index contributed by atoms with van der Waals surface area (Å²) in [6.07, 6.45) is 6.51. The Morgan fingerprint density at radius 1 is 1.05 bits per heavy atom. The van der Waals surface area contributed by atoms with E-state index >= 15 is 0 Å². The average molecular weight is 254 g/mol. The Morgan fingerprint density at radius 2 is 1.84 bits per heavy atom. The van der Waals surface area contributed by atoms with Crippen LogP contribution in [0, 0.1) is 6.92 Å². The lowest BCUT2D eigenvalue weighted by atomic mass is 10.1. The summed E-state index contributed by atoms with van der Waals surface area (Å²) in [5.74, 6) is 1.07. The Hall–Kier alpha value is -2.14. The van der Waals surface area contributed by atoms with E-state index in [9.17, 15) is 0 Å². The quantitative estimate of drug-likeness (QED) is 0.608. The molecule has 1 aliphatic rings. The van der Waals surface area contributed by atoms with Gasteiger partial charge in [0, 0.05) is 5.57 Å². The topological polar surface area (TPSA) is 29.5 Å². The molecule has 0 bridgehead atoms. The van der Waals surface area contributed by atoms with Crippen molar-refractivity contribution in [3.8, 4) is 5.75 Å². The van der Waals surface area contributed by atoms with Gasteiger partial charge in [0.2, 0.25) is 0 Å². The molecule has 1 N–H and O–H groups in total. The third-order valence-electron chi connectivity index (χ3n) is 2.92. The van der Waals surface area contributed by atoms with Crippen LogP contribution in [-0.2, 0) is 0 Å². The normalized spacial score (nSPS) is 13.1. The minimum absolute atomic E-state index is 0.145. The van der Waals surface area contributed by atoms with Gasteiger partial charge in [-0.3, -0.25) is 0 Å². The van der Waals surface area contributed by atoms with Crippen molar-refractivity contribution in [1.29, 1.82) is 0 Å². The first kappa shape index (κ1) is 13.3. The van der Waals surface area contributed by atoms with Crippen molar-refractivity contribution < 1.29 is 9.84 Å². The molecule has 0 fully saturated rings. The molecule has 0 unspecified atom stereocenters. The first-order valence-corrected chi connectivity index (χ1v) is 6.55. The van der Waals surface area contributed by atoms with Crippen LogP contribution >= 0.6 is 0 Å². The number of allylic oxidation sites excluding steroid dienone is 3. The second kappa shape index (κ2) is 6.70. The summed E-state index contributed by atoms with van der Waals surface area (Å²) in [4.78, 5) is 0. The Kier molecular flexibility index (Phi) is 4.69. The van der Waals surface area contributed by atoms with Crippen molar-refractivity contribution in [2.75, 3.05) is 6.61 Å². The number of hydrogen-bond acceptors (Lipinski definition) is 2. The van der Waals surface area contributed by atoms with Crippen LogP contribution in [-0.4, -0.2) is 11.7 Å². The maximum atomic E-state index is 9.11. The second-order valence-corrected chi connectivity index (χ2v) is 4.61. The molecule has 0 aromatic heterocycles. The van der Waals surface area contributed by atoms with Crippen molar-refractivity contribution >= 4 is 0 Å². The minimum Gasteiger partial charge on any atom is -0.501 e. The number of hydrogen-bond donors (Lipinski definition) is 1. The highest BCUT2D eigenvalue weighted by molar-refractivity contribution is 5.28. The molecular weight excluding hydrogens is 236 g/mol. The fourth-order valence-corrected chi connectivity index (χ4v) is 1.80. The lowest BCUT2D eigenvalue weighted by Crippen LogP contribution is -1.97. The molecule has 0 radical (unpaired) electrons. The van der Waals surface area contributed by atoms with Crippen molar-refractivity contribution in [2.24, 2.45) is 0 Å². The van der Waals surface area contributed by atoms with Crippen LogP contribution in [0.1, 0.15) is 24.8 Å². The molecule has 1 aromatic rings. The molecule has 0 spiro atoms. The number of benzene rings is 1. The van der Waals surface area contributed by atoms with Gasteiger partial charge < -0.3 is 9.84 Å². The molecule has 2 nitrogen and oxygen atoms in total. The van der Waals surface area contributed by atoms with Crippen molar-refractivity contribution in [3.63, 3.8) is 0 Å². The first-order valence-electron chi connectivity index (χ1n) is 6.55. The fraction of sp³-hybridized carbons (Fsp3) is 0.294. The van der Waals surface area contributed by atoms with E-state index in [1.807, 2.05) is 18.2 Å². The number of aliphatic hydroxyl groups excluding tert-OH is 1. The Balaban J connectivity index is 1.67. The molecule has 0 saturated heterocycles. The van der Waals surface area contributed by atoms with E-state index in [0.717, 1.165) is 37.2 Å². The summed E-state index contributed by atoms with van der Waals surface area (Å²) in [5.41, 5.74) is 7.93. The molecule has 0 atom stereocenters.